The molecule has 0 aliphatic carbocycles. The molecule has 2 amide bonds. The Hall–Kier alpha value is -2.28. The van der Waals surface area contributed by atoms with Crippen LogP contribution in [0.2, 0.25) is 0 Å². The maximum atomic E-state index is 11.6. The Morgan fingerprint density at radius 3 is 2.47 bits per heavy atom. The van der Waals surface area contributed by atoms with Crippen LogP contribution >= 0.6 is 0 Å². The molecule has 1 aliphatic heterocycles. The predicted octanol–water partition coefficient (Wildman–Crippen LogP) is 0.442. The number of likely N-dealkylation sites (tertiary alicyclic amines) is 1. The lowest BCUT2D eigenvalue weighted by Gasteiger charge is -2.10. The molecule has 1 atom stereocenters. The highest BCUT2D eigenvalue weighted by atomic mass is 16.6. The molecule has 0 bridgehead atoms. The van der Waals surface area contributed by atoms with E-state index < -0.39 is 11.0 Å². The Morgan fingerprint density at radius 1 is 1.37 bits per heavy atom. The summed E-state index contributed by atoms with van der Waals surface area (Å²) < 4.78 is 0. The molecule has 1 aromatic carbocycles. The van der Waals surface area contributed by atoms with Crippen LogP contribution in [0, 0.1) is 10.1 Å². The van der Waals surface area contributed by atoms with E-state index in [2.05, 4.69) is 5.32 Å². The third-order valence-electron chi connectivity index (χ3n) is 3.08. The van der Waals surface area contributed by atoms with Crippen molar-refractivity contribution in [1.29, 1.82) is 0 Å². The standard InChI is InChI=1S/C12H13N3O4/c1-14-11(16)6-10(12(14)17)13-7-8-2-4-9(5-3-8)15(18)19/h2-5,10,13H,6-7H2,1H3. The maximum Gasteiger partial charge on any atom is 0.269 e. The van der Waals surface area contributed by atoms with Gasteiger partial charge in [-0.3, -0.25) is 24.6 Å². The van der Waals surface area contributed by atoms with Crippen molar-refractivity contribution in [3.63, 3.8) is 0 Å². The minimum Gasteiger partial charge on any atom is -0.301 e. The second-order valence-electron chi connectivity index (χ2n) is 4.35. The number of rotatable bonds is 4. The number of carbonyl (C=O) groups excluding carboxylic acids is 2. The molecule has 100 valence electrons. The van der Waals surface area contributed by atoms with Gasteiger partial charge in [-0.25, -0.2) is 0 Å². The van der Waals surface area contributed by atoms with Gasteiger partial charge < -0.3 is 5.32 Å². The molecule has 0 aromatic heterocycles. The van der Waals surface area contributed by atoms with Crippen molar-refractivity contribution >= 4 is 17.5 Å². The molecule has 1 heterocycles. The number of amides is 2. The van der Waals surface area contributed by atoms with Crippen molar-refractivity contribution in [3.05, 3.63) is 39.9 Å². The smallest absolute Gasteiger partial charge is 0.269 e. The molecule has 7 nitrogen and oxygen atoms in total. The molecule has 0 spiro atoms. The number of non-ortho nitro benzene ring substituents is 1. The van der Waals surface area contributed by atoms with Crippen LogP contribution in [0.25, 0.3) is 0 Å². The van der Waals surface area contributed by atoms with Gasteiger partial charge in [0.05, 0.1) is 17.4 Å². The Kier molecular flexibility index (Phi) is 3.57. The number of nitro groups is 1. The summed E-state index contributed by atoms with van der Waals surface area (Å²) in [5.74, 6) is -0.446. The summed E-state index contributed by atoms with van der Waals surface area (Å²) in [5.41, 5.74) is 0.844. The highest BCUT2D eigenvalue weighted by molar-refractivity contribution is 6.05. The molecule has 1 unspecified atom stereocenters. The van der Waals surface area contributed by atoms with E-state index in [4.69, 9.17) is 0 Å². The van der Waals surface area contributed by atoms with Gasteiger partial charge in [-0.05, 0) is 5.56 Å². The summed E-state index contributed by atoms with van der Waals surface area (Å²) in [6, 6.07) is 5.55. The van der Waals surface area contributed by atoms with Crippen molar-refractivity contribution in [2.75, 3.05) is 7.05 Å². The van der Waals surface area contributed by atoms with Crippen molar-refractivity contribution < 1.29 is 14.5 Å². The molecule has 0 radical (unpaired) electrons. The monoisotopic (exact) mass is 263 g/mol. The molecule has 0 saturated carbocycles. The van der Waals surface area contributed by atoms with Gasteiger partial charge in [0, 0.05) is 25.7 Å². The molecule has 1 aromatic rings. The molecule has 2 rings (SSSR count). The van der Waals surface area contributed by atoms with Gasteiger partial charge in [0.25, 0.3) is 5.69 Å². The van der Waals surface area contributed by atoms with E-state index in [9.17, 15) is 19.7 Å². The van der Waals surface area contributed by atoms with E-state index in [1.165, 1.54) is 19.2 Å². The number of nitro benzene ring substituents is 1. The Labute approximate surface area is 109 Å². The van der Waals surface area contributed by atoms with Gasteiger partial charge in [0.1, 0.15) is 0 Å². The summed E-state index contributed by atoms with van der Waals surface area (Å²) in [6.07, 6.45) is 0.155. The zero-order valence-corrected chi connectivity index (χ0v) is 10.3. The van der Waals surface area contributed by atoms with Crippen LogP contribution in [0.15, 0.2) is 24.3 Å². The van der Waals surface area contributed by atoms with Gasteiger partial charge >= 0.3 is 0 Å². The highest BCUT2D eigenvalue weighted by Crippen LogP contribution is 2.14. The van der Waals surface area contributed by atoms with Crippen LogP contribution in [0.1, 0.15) is 12.0 Å². The van der Waals surface area contributed by atoms with Gasteiger partial charge in [-0.15, -0.1) is 0 Å². The first-order valence-electron chi connectivity index (χ1n) is 5.76. The fourth-order valence-corrected chi connectivity index (χ4v) is 1.89. The van der Waals surface area contributed by atoms with Crippen molar-refractivity contribution in [3.8, 4) is 0 Å². The van der Waals surface area contributed by atoms with E-state index in [1.54, 1.807) is 12.1 Å². The van der Waals surface area contributed by atoms with Gasteiger partial charge in [-0.2, -0.15) is 0 Å². The van der Waals surface area contributed by atoms with E-state index in [1.807, 2.05) is 0 Å². The third kappa shape index (κ3) is 2.76. The molecule has 7 heteroatoms. The summed E-state index contributed by atoms with van der Waals surface area (Å²) >= 11 is 0. The first-order valence-corrected chi connectivity index (χ1v) is 5.76. The molecule has 1 saturated heterocycles. The minimum atomic E-state index is -0.507. The Bertz CT molecular complexity index is 526. The SMILES string of the molecule is CN1C(=O)CC(NCc2ccc([N+](=O)[O-])cc2)C1=O. The van der Waals surface area contributed by atoms with E-state index in [0.717, 1.165) is 10.5 Å². The number of nitrogens with zero attached hydrogens (tertiary/aromatic N) is 2. The number of carbonyl (C=O) groups is 2. The lowest BCUT2D eigenvalue weighted by molar-refractivity contribution is -0.384. The maximum absolute atomic E-state index is 11.6. The molecule has 1 aliphatic rings. The van der Waals surface area contributed by atoms with Crippen LogP contribution < -0.4 is 5.32 Å². The van der Waals surface area contributed by atoms with Gasteiger partial charge in [0.2, 0.25) is 11.8 Å². The number of likely N-dealkylation sites (N-methyl/N-ethyl adjacent to an activating group) is 1. The van der Waals surface area contributed by atoms with Crippen LogP contribution in [0.3, 0.4) is 0 Å². The van der Waals surface area contributed by atoms with Crippen LogP contribution in [0.4, 0.5) is 5.69 Å². The van der Waals surface area contributed by atoms with Crippen LogP contribution in [0.5, 0.6) is 0 Å². The number of benzene rings is 1. The zero-order valence-electron chi connectivity index (χ0n) is 10.3. The fraction of sp³-hybridized carbons (Fsp3) is 0.333. The fourth-order valence-electron chi connectivity index (χ4n) is 1.89. The molecular weight excluding hydrogens is 250 g/mol. The summed E-state index contributed by atoms with van der Waals surface area (Å²) in [4.78, 5) is 34.1. The topological polar surface area (TPSA) is 92.6 Å². The first-order chi connectivity index (χ1) is 8.99. The second kappa shape index (κ2) is 5.15. The molecular formula is C12H13N3O4. The van der Waals surface area contributed by atoms with Gasteiger partial charge in [-0.1, -0.05) is 12.1 Å². The first kappa shape index (κ1) is 13.2. The largest absolute Gasteiger partial charge is 0.301 e. The van der Waals surface area contributed by atoms with E-state index >= 15 is 0 Å². The third-order valence-corrected chi connectivity index (χ3v) is 3.08. The Morgan fingerprint density at radius 2 is 2.00 bits per heavy atom. The summed E-state index contributed by atoms with van der Waals surface area (Å²) in [7, 11) is 1.46. The van der Waals surface area contributed by atoms with Crippen molar-refractivity contribution in [2.24, 2.45) is 0 Å². The Balaban J connectivity index is 1.94. The zero-order chi connectivity index (χ0) is 14.0. The minimum absolute atomic E-state index is 0.0237. The lowest BCUT2D eigenvalue weighted by atomic mass is 10.2. The second-order valence-corrected chi connectivity index (χ2v) is 4.35. The number of hydrogen-bond acceptors (Lipinski definition) is 5. The average molecular weight is 263 g/mol. The van der Waals surface area contributed by atoms with Crippen molar-refractivity contribution in [1.82, 2.24) is 10.2 Å². The van der Waals surface area contributed by atoms with Gasteiger partial charge in [0.15, 0.2) is 0 Å². The summed E-state index contributed by atoms with van der Waals surface area (Å²) in [6.45, 7) is 0.384. The lowest BCUT2D eigenvalue weighted by Crippen LogP contribution is -2.36. The van der Waals surface area contributed by atoms with Crippen molar-refractivity contribution in [2.45, 2.75) is 19.0 Å². The summed E-state index contributed by atoms with van der Waals surface area (Å²) in [5, 5.41) is 13.5. The number of hydrogen-bond donors (Lipinski definition) is 1. The highest BCUT2D eigenvalue weighted by Gasteiger charge is 2.35. The number of imide groups is 1. The molecule has 19 heavy (non-hydrogen) atoms. The normalized spacial score (nSPS) is 19.0. The molecule has 1 N–H and O–H groups in total. The molecule has 1 fully saturated rings. The average Bonchev–Trinajstić information content (AvgIpc) is 2.64. The van der Waals surface area contributed by atoms with Crippen LogP contribution in [-0.2, 0) is 16.1 Å². The van der Waals surface area contributed by atoms with E-state index in [-0.39, 0.29) is 23.9 Å². The van der Waals surface area contributed by atoms with E-state index in [0.29, 0.717) is 6.54 Å². The quantitative estimate of drug-likeness (QED) is 0.483. The van der Waals surface area contributed by atoms with Crippen LogP contribution in [-0.4, -0.2) is 34.7 Å². The number of nitrogens with one attached hydrogen (secondary N) is 1. The predicted molar refractivity (Wildman–Crippen MR) is 66.1 cm³/mol.